The lowest BCUT2D eigenvalue weighted by Gasteiger charge is -2.12. The highest BCUT2D eigenvalue weighted by Gasteiger charge is 2.31. The molecule has 140 valence electrons. The third-order valence-electron chi connectivity index (χ3n) is 3.59. The minimum atomic E-state index is -4.86. The second-order valence-electron chi connectivity index (χ2n) is 5.57. The summed E-state index contributed by atoms with van der Waals surface area (Å²) in [6.07, 6.45) is -4.86. The molecular formula is C19H14F3NO3S. The number of nitrogens with one attached hydrogen (secondary N) is 1. The molecule has 0 aromatic heterocycles. The van der Waals surface area contributed by atoms with Gasteiger partial charge in [0, 0.05) is 6.07 Å². The van der Waals surface area contributed by atoms with Crippen LogP contribution in [0.1, 0.15) is 0 Å². The van der Waals surface area contributed by atoms with Gasteiger partial charge in [0.1, 0.15) is 5.75 Å². The first-order chi connectivity index (χ1) is 12.7. The Balaban J connectivity index is 1.80. The number of hydrogen-bond donors (Lipinski definition) is 1. The van der Waals surface area contributed by atoms with Gasteiger partial charge in [0.25, 0.3) is 10.0 Å². The summed E-state index contributed by atoms with van der Waals surface area (Å²) in [5.74, 6) is -0.512. The molecule has 0 amide bonds. The summed E-state index contributed by atoms with van der Waals surface area (Å²) in [7, 11) is -3.96. The second-order valence-corrected chi connectivity index (χ2v) is 7.25. The lowest BCUT2D eigenvalue weighted by molar-refractivity contribution is -0.274. The van der Waals surface area contributed by atoms with Gasteiger partial charge in [-0.2, -0.15) is 0 Å². The van der Waals surface area contributed by atoms with E-state index in [2.05, 4.69) is 9.46 Å². The highest BCUT2D eigenvalue weighted by molar-refractivity contribution is 7.92. The molecule has 0 heterocycles. The molecule has 3 aromatic carbocycles. The number of sulfonamides is 1. The maximum Gasteiger partial charge on any atom is 0.573 e. The van der Waals surface area contributed by atoms with Gasteiger partial charge in [0.05, 0.1) is 10.6 Å². The maximum atomic E-state index is 12.5. The number of benzene rings is 3. The topological polar surface area (TPSA) is 55.4 Å². The van der Waals surface area contributed by atoms with Gasteiger partial charge in [0.15, 0.2) is 0 Å². The van der Waals surface area contributed by atoms with Crippen molar-refractivity contribution in [3.8, 4) is 16.9 Å². The van der Waals surface area contributed by atoms with Crippen LogP contribution in [-0.2, 0) is 10.0 Å². The lowest BCUT2D eigenvalue weighted by atomic mass is 10.1. The number of halogens is 3. The van der Waals surface area contributed by atoms with E-state index in [1.807, 2.05) is 30.3 Å². The van der Waals surface area contributed by atoms with E-state index in [0.717, 1.165) is 23.3 Å². The first-order valence-electron chi connectivity index (χ1n) is 7.77. The fourth-order valence-corrected chi connectivity index (χ4v) is 3.48. The minimum Gasteiger partial charge on any atom is -0.406 e. The summed E-state index contributed by atoms with van der Waals surface area (Å²) in [6.45, 7) is 0. The predicted octanol–water partition coefficient (Wildman–Crippen LogP) is 5.05. The maximum absolute atomic E-state index is 12.5. The van der Waals surface area contributed by atoms with Crippen LogP contribution in [0.4, 0.5) is 18.9 Å². The molecule has 3 rings (SSSR count). The fraction of sp³-hybridized carbons (Fsp3) is 0.0526. The first-order valence-corrected chi connectivity index (χ1v) is 9.25. The Hall–Kier alpha value is -3.00. The molecule has 0 unspecified atom stereocenters. The van der Waals surface area contributed by atoms with Crippen molar-refractivity contribution in [2.45, 2.75) is 11.3 Å². The number of rotatable bonds is 5. The van der Waals surface area contributed by atoms with Crippen molar-refractivity contribution in [3.63, 3.8) is 0 Å². The molecule has 4 nitrogen and oxygen atoms in total. The standard InChI is InChI=1S/C19H14F3NO3S/c20-19(21,22)26-17-8-4-7-16(13-17)23-27(24,25)18-11-9-15(10-12-18)14-5-2-1-3-6-14/h1-13,23H. The Morgan fingerprint density at radius 3 is 2.04 bits per heavy atom. The van der Waals surface area contributed by atoms with E-state index in [1.165, 1.54) is 24.3 Å². The largest absolute Gasteiger partial charge is 0.573 e. The summed E-state index contributed by atoms with van der Waals surface area (Å²) in [4.78, 5) is -0.00989. The van der Waals surface area contributed by atoms with Crippen molar-refractivity contribution >= 4 is 15.7 Å². The van der Waals surface area contributed by atoms with Crippen molar-refractivity contribution < 1.29 is 26.3 Å². The summed E-state index contributed by atoms with van der Waals surface area (Å²) in [5, 5.41) is 0. The summed E-state index contributed by atoms with van der Waals surface area (Å²) >= 11 is 0. The Labute approximate surface area is 154 Å². The van der Waals surface area contributed by atoms with E-state index < -0.39 is 22.1 Å². The zero-order chi connectivity index (χ0) is 19.5. The van der Waals surface area contributed by atoms with Crippen LogP contribution in [0.25, 0.3) is 11.1 Å². The summed E-state index contributed by atoms with van der Waals surface area (Å²) < 4.78 is 67.9. The van der Waals surface area contributed by atoms with Gasteiger partial charge >= 0.3 is 6.36 Å². The van der Waals surface area contributed by atoms with Crippen LogP contribution in [0, 0.1) is 0 Å². The average molecular weight is 393 g/mol. The fourth-order valence-electron chi connectivity index (χ4n) is 2.43. The van der Waals surface area contributed by atoms with Crippen LogP contribution in [0.3, 0.4) is 0 Å². The zero-order valence-corrected chi connectivity index (χ0v) is 14.6. The van der Waals surface area contributed by atoms with E-state index in [1.54, 1.807) is 12.1 Å². The van der Waals surface area contributed by atoms with Crippen LogP contribution in [0.5, 0.6) is 5.75 Å². The van der Waals surface area contributed by atoms with Crippen molar-refractivity contribution in [2.75, 3.05) is 4.72 Å². The monoisotopic (exact) mass is 393 g/mol. The van der Waals surface area contributed by atoms with E-state index in [0.29, 0.717) is 0 Å². The smallest absolute Gasteiger partial charge is 0.406 e. The van der Waals surface area contributed by atoms with Gasteiger partial charge in [-0.25, -0.2) is 8.42 Å². The molecule has 0 saturated carbocycles. The van der Waals surface area contributed by atoms with Crippen molar-refractivity contribution in [1.82, 2.24) is 0 Å². The van der Waals surface area contributed by atoms with E-state index in [9.17, 15) is 21.6 Å². The van der Waals surface area contributed by atoms with Gasteiger partial charge < -0.3 is 4.74 Å². The molecule has 0 atom stereocenters. The Bertz CT molecular complexity index is 1020. The van der Waals surface area contributed by atoms with Crippen LogP contribution in [-0.4, -0.2) is 14.8 Å². The molecule has 0 aliphatic carbocycles. The minimum absolute atomic E-state index is 0.00989. The lowest BCUT2D eigenvalue weighted by Crippen LogP contribution is -2.17. The van der Waals surface area contributed by atoms with Crippen LogP contribution < -0.4 is 9.46 Å². The zero-order valence-electron chi connectivity index (χ0n) is 13.8. The highest BCUT2D eigenvalue weighted by Crippen LogP contribution is 2.27. The molecule has 27 heavy (non-hydrogen) atoms. The van der Waals surface area contributed by atoms with Crippen LogP contribution in [0.2, 0.25) is 0 Å². The Kier molecular flexibility index (Phi) is 5.09. The van der Waals surface area contributed by atoms with E-state index in [4.69, 9.17) is 0 Å². The SMILES string of the molecule is O=S(=O)(Nc1cccc(OC(F)(F)F)c1)c1ccc(-c2ccccc2)cc1. The van der Waals surface area contributed by atoms with E-state index >= 15 is 0 Å². The molecule has 8 heteroatoms. The summed E-state index contributed by atoms with van der Waals surface area (Å²) in [6, 6.07) is 20.2. The van der Waals surface area contributed by atoms with Gasteiger partial charge in [-0.15, -0.1) is 13.2 Å². The Morgan fingerprint density at radius 1 is 0.778 bits per heavy atom. The highest BCUT2D eigenvalue weighted by atomic mass is 32.2. The third-order valence-corrected chi connectivity index (χ3v) is 4.99. The van der Waals surface area contributed by atoms with Gasteiger partial charge in [-0.1, -0.05) is 48.5 Å². The number of alkyl halides is 3. The average Bonchev–Trinajstić information content (AvgIpc) is 2.61. The van der Waals surface area contributed by atoms with Crippen LogP contribution in [0.15, 0.2) is 83.8 Å². The molecule has 1 N–H and O–H groups in total. The first kappa shape index (κ1) is 18.8. The number of hydrogen-bond acceptors (Lipinski definition) is 3. The molecular weight excluding hydrogens is 379 g/mol. The summed E-state index contributed by atoms with van der Waals surface area (Å²) in [5.41, 5.74) is 1.74. The normalized spacial score (nSPS) is 11.8. The van der Waals surface area contributed by atoms with Crippen molar-refractivity contribution in [1.29, 1.82) is 0 Å². The van der Waals surface area contributed by atoms with Gasteiger partial charge in [-0.3, -0.25) is 4.72 Å². The molecule has 0 radical (unpaired) electrons. The third kappa shape index (κ3) is 5.01. The predicted molar refractivity (Wildman–Crippen MR) is 95.8 cm³/mol. The molecule has 0 aliphatic rings. The van der Waals surface area contributed by atoms with Crippen molar-refractivity contribution in [3.05, 3.63) is 78.9 Å². The van der Waals surface area contributed by atoms with E-state index in [-0.39, 0.29) is 10.6 Å². The molecule has 0 fully saturated rings. The number of anilines is 1. The Morgan fingerprint density at radius 2 is 1.41 bits per heavy atom. The second kappa shape index (κ2) is 7.32. The molecule has 0 spiro atoms. The van der Waals surface area contributed by atoms with Gasteiger partial charge in [-0.05, 0) is 35.4 Å². The number of ether oxygens (including phenoxy) is 1. The van der Waals surface area contributed by atoms with Crippen LogP contribution >= 0.6 is 0 Å². The molecule has 0 aliphatic heterocycles. The molecule has 3 aromatic rings. The molecule has 0 bridgehead atoms. The van der Waals surface area contributed by atoms with Gasteiger partial charge in [0.2, 0.25) is 0 Å². The quantitative estimate of drug-likeness (QED) is 0.660. The van der Waals surface area contributed by atoms with Crippen molar-refractivity contribution in [2.24, 2.45) is 0 Å². The molecule has 0 saturated heterocycles.